The van der Waals surface area contributed by atoms with Gasteiger partial charge in [0.15, 0.2) is 5.78 Å². The van der Waals surface area contributed by atoms with E-state index in [0.717, 1.165) is 21.7 Å². The molecule has 1 saturated carbocycles. The van der Waals surface area contributed by atoms with E-state index in [1.807, 2.05) is 19.9 Å². The van der Waals surface area contributed by atoms with Crippen molar-refractivity contribution >= 4 is 23.1 Å². The minimum absolute atomic E-state index is 0.0329. The molecule has 1 aliphatic rings. The predicted octanol–water partition coefficient (Wildman–Crippen LogP) is 3.05. The van der Waals surface area contributed by atoms with E-state index in [2.05, 4.69) is 0 Å². The monoisotopic (exact) mass is 252 g/mol. The smallest absolute Gasteiger partial charge is 0.307 e. The molecule has 1 aliphatic carbocycles. The fourth-order valence-electron chi connectivity index (χ4n) is 2.62. The molecular weight excluding hydrogens is 236 g/mol. The Kier molecular flexibility index (Phi) is 3.33. The number of hydrogen-bond donors (Lipinski definition) is 1. The summed E-state index contributed by atoms with van der Waals surface area (Å²) in [7, 11) is 0. The first kappa shape index (κ1) is 12.3. The molecule has 2 atom stereocenters. The Labute approximate surface area is 104 Å². The first-order chi connectivity index (χ1) is 8.00. The second-order valence-corrected chi connectivity index (χ2v) is 5.97. The Morgan fingerprint density at radius 1 is 1.29 bits per heavy atom. The van der Waals surface area contributed by atoms with Crippen molar-refractivity contribution in [3.05, 3.63) is 21.4 Å². The van der Waals surface area contributed by atoms with Gasteiger partial charge in [0.25, 0.3) is 0 Å². The lowest BCUT2D eigenvalue weighted by Gasteiger charge is -2.13. The molecule has 4 heteroatoms. The van der Waals surface area contributed by atoms with Gasteiger partial charge in [-0.25, -0.2) is 0 Å². The summed E-state index contributed by atoms with van der Waals surface area (Å²) in [5.41, 5.74) is 0.980. The molecule has 17 heavy (non-hydrogen) atoms. The topological polar surface area (TPSA) is 54.4 Å². The van der Waals surface area contributed by atoms with E-state index in [0.29, 0.717) is 12.8 Å². The third-order valence-electron chi connectivity index (χ3n) is 3.43. The van der Waals surface area contributed by atoms with Crippen molar-refractivity contribution in [3.8, 4) is 0 Å². The van der Waals surface area contributed by atoms with Crippen molar-refractivity contribution in [3.63, 3.8) is 0 Å². The highest BCUT2D eigenvalue weighted by Crippen LogP contribution is 2.36. The van der Waals surface area contributed by atoms with Gasteiger partial charge >= 0.3 is 5.97 Å². The summed E-state index contributed by atoms with van der Waals surface area (Å²) in [6.07, 6.45) is 2.19. The SMILES string of the molecule is Cc1cc(C)c(C(=O)C2CCCC2C(=O)O)s1. The maximum absolute atomic E-state index is 12.3. The number of aliphatic carboxylic acids is 1. The van der Waals surface area contributed by atoms with Gasteiger partial charge in [0.2, 0.25) is 0 Å². The van der Waals surface area contributed by atoms with Crippen LogP contribution in [0.25, 0.3) is 0 Å². The van der Waals surface area contributed by atoms with Gasteiger partial charge < -0.3 is 5.11 Å². The Hall–Kier alpha value is -1.16. The second kappa shape index (κ2) is 4.61. The number of carboxylic acids is 1. The number of rotatable bonds is 3. The normalized spacial score (nSPS) is 23.9. The van der Waals surface area contributed by atoms with E-state index < -0.39 is 11.9 Å². The fraction of sp³-hybridized carbons (Fsp3) is 0.538. The summed E-state index contributed by atoms with van der Waals surface area (Å²) in [4.78, 5) is 25.3. The van der Waals surface area contributed by atoms with Crippen molar-refractivity contribution in [2.24, 2.45) is 11.8 Å². The largest absolute Gasteiger partial charge is 0.481 e. The molecule has 2 unspecified atom stereocenters. The van der Waals surface area contributed by atoms with Gasteiger partial charge in [-0.15, -0.1) is 11.3 Å². The van der Waals surface area contributed by atoms with E-state index >= 15 is 0 Å². The molecule has 0 bridgehead atoms. The molecule has 0 radical (unpaired) electrons. The summed E-state index contributed by atoms with van der Waals surface area (Å²) in [6, 6.07) is 1.99. The van der Waals surface area contributed by atoms with Crippen molar-refractivity contribution in [1.29, 1.82) is 0 Å². The van der Waals surface area contributed by atoms with Crippen LogP contribution in [0.2, 0.25) is 0 Å². The number of hydrogen-bond acceptors (Lipinski definition) is 3. The third-order valence-corrected chi connectivity index (χ3v) is 4.60. The first-order valence-corrected chi connectivity index (χ1v) is 6.66. The lowest BCUT2D eigenvalue weighted by molar-refractivity contribution is -0.142. The minimum Gasteiger partial charge on any atom is -0.481 e. The van der Waals surface area contributed by atoms with Crippen molar-refractivity contribution in [2.75, 3.05) is 0 Å². The number of carboxylic acid groups (broad SMARTS) is 1. The lowest BCUT2D eigenvalue weighted by Crippen LogP contribution is -2.25. The van der Waals surface area contributed by atoms with E-state index in [-0.39, 0.29) is 11.7 Å². The number of thiophene rings is 1. The average Bonchev–Trinajstić information content (AvgIpc) is 2.83. The van der Waals surface area contributed by atoms with Crippen LogP contribution in [0.3, 0.4) is 0 Å². The third kappa shape index (κ3) is 2.27. The zero-order valence-corrected chi connectivity index (χ0v) is 10.8. The Morgan fingerprint density at radius 3 is 2.47 bits per heavy atom. The second-order valence-electron chi connectivity index (χ2n) is 4.72. The Bertz CT molecular complexity index is 461. The van der Waals surface area contributed by atoms with Gasteiger partial charge in [-0.3, -0.25) is 9.59 Å². The van der Waals surface area contributed by atoms with Crippen molar-refractivity contribution in [1.82, 2.24) is 0 Å². The van der Waals surface area contributed by atoms with Crippen LogP contribution in [-0.2, 0) is 4.79 Å². The maximum atomic E-state index is 12.3. The molecule has 2 rings (SSSR count). The number of ketones is 1. The summed E-state index contributed by atoms with van der Waals surface area (Å²) in [6.45, 7) is 3.89. The predicted molar refractivity (Wildman–Crippen MR) is 66.6 cm³/mol. The van der Waals surface area contributed by atoms with Gasteiger partial charge in [0, 0.05) is 10.8 Å². The maximum Gasteiger partial charge on any atom is 0.307 e. The van der Waals surface area contributed by atoms with E-state index in [1.54, 1.807) is 0 Å². The van der Waals surface area contributed by atoms with E-state index in [1.165, 1.54) is 11.3 Å². The average molecular weight is 252 g/mol. The fourth-order valence-corrected chi connectivity index (χ4v) is 3.65. The van der Waals surface area contributed by atoms with Crippen LogP contribution >= 0.6 is 11.3 Å². The zero-order chi connectivity index (χ0) is 12.6. The first-order valence-electron chi connectivity index (χ1n) is 5.84. The standard InChI is InChI=1S/C13H16O3S/c1-7-6-8(2)17-12(7)11(14)9-4-3-5-10(9)13(15)16/h6,9-10H,3-5H2,1-2H3,(H,15,16). The molecule has 0 amide bonds. The molecule has 1 aromatic heterocycles. The molecule has 1 fully saturated rings. The van der Waals surface area contributed by atoms with Crippen LogP contribution < -0.4 is 0 Å². The van der Waals surface area contributed by atoms with Crippen molar-refractivity contribution < 1.29 is 14.7 Å². The molecule has 0 saturated heterocycles. The molecule has 1 heterocycles. The molecule has 0 spiro atoms. The number of carbonyl (C=O) groups excluding carboxylic acids is 1. The number of aryl methyl sites for hydroxylation is 2. The summed E-state index contributed by atoms with van der Waals surface area (Å²) >= 11 is 1.48. The number of carbonyl (C=O) groups is 2. The molecule has 1 aromatic rings. The van der Waals surface area contributed by atoms with E-state index in [9.17, 15) is 9.59 Å². The zero-order valence-electron chi connectivity index (χ0n) is 10.0. The highest BCUT2D eigenvalue weighted by Gasteiger charge is 2.38. The lowest BCUT2D eigenvalue weighted by atomic mass is 9.90. The number of Topliss-reactive ketones (excluding diaryl/α,β-unsaturated/α-hetero) is 1. The van der Waals surface area contributed by atoms with Gasteiger partial charge in [-0.2, -0.15) is 0 Å². The van der Waals surface area contributed by atoms with Crippen LogP contribution in [0.1, 0.15) is 39.4 Å². The van der Waals surface area contributed by atoms with Crippen LogP contribution in [0.15, 0.2) is 6.07 Å². The minimum atomic E-state index is -0.827. The van der Waals surface area contributed by atoms with Crippen LogP contribution in [0.4, 0.5) is 0 Å². The van der Waals surface area contributed by atoms with Gasteiger partial charge in [-0.05, 0) is 38.3 Å². The molecule has 1 N–H and O–H groups in total. The highest BCUT2D eigenvalue weighted by molar-refractivity contribution is 7.14. The quantitative estimate of drug-likeness (QED) is 0.841. The van der Waals surface area contributed by atoms with Gasteiger partial charge in [0.05, 0.1) is 10.8 Å². The molecule has 3 nitrogen and oxygen atoms in total. The summed E-state index contributed by atoms with van der Waals surface area (Å²) in [5.74, 6) is -1.59. The van der Waals surface area contributed by atoms with Crippen LogP contribution in [0, 0.1) is 25.7 Å². The summed E-state index contributed by atoms with van der Waals surface area (Å²) in [5, 5.41) is 9.11. The van der Waals surface area contributed by atoms with Crippen LogP contribution in [0.5, 0.6) is 0 Å². The molecular formula is C13H16O3S. The van der Waals surface area contributed by atoms with Gasteiger partial charge in [0.1, 0.15) is 0 Å². The molecule has 92 valence electrons. The van der Waals surface area contributed by atoms with Crippen molar-refractivity contribution in [2.45, 2.75) is 33.1 Å². The Morgan fingerprint density at radius 2 is 1.94 bits per heavy atom. The molecule has 0 aromatic carbocycles. The Balaban J connectivity index is 2.25. The highest BCUT2D eigenvalue weighted by atomic mass is 32.1. The van der Waals surface area contributed by atoms with E-state index in [4.69, 9.17) is 5.11 Å². The van der Waals surface area contributed by atoms with Gasteiger partial charge in [-0.1, -0.05) is 6.42 Å². The molecule has 0 aliphatic heterocycles. The van der Waals surface area contributed by atoms with Crippen LogP contribution in [-0.4, -0.2) is 16.9 Å². The summed E-state index contributed by atoms with van der Waals surface area (Å²) < 4.78 is 0.